The van der Waals surface area contributed by atoms with Crippen LogP contribution >= 0.6 is 0 Å². The van der Waals surface area contributed by atoms with E-state index >= 15 is 0 Å². The van der Waals surface area contributed by atoms with Crippen LogP contribution in [0.1, 0.15) is 35.2 Å². The maximum Gasteiger partial charge on any atom is 0.251 e. The minimum atomic E-state index is -0.640. The van der Waals surface area contributed by atoms with Crippen molar-refractivity contribution >= 4 is 23.4 Å². The Morgan fingerprint density at radius 2 is 1.63 bits per heavy atom. The van der Waals surface area contributed by atoms with E-state index in [9.17, 15) is 9.18 Å². The Bertz CT molecular complexity index is 1050. The Labute approximate surface area is 174 Å². The first-order valence-corrected chi connectivity index (χ1v) is 9.99. The fourth-order valence-electron chi connectivity index (χ4n) is 3.25. The summed E-state index contributed by atoms with van der Waals surface area (Å²) < 4.78 is 14.3. The fourth-order valence-corrected chi connectivity index (χ4v) is 3.25. The number of hydrogen-bond donors (Lipinski definition) is 3. The molecule has 3 N–H and O–H groups in total. The molecule has 2 aliphatic rings. The molecule has 30 heavy (non-hydrogen) atoms. The Morgan fingerprint density at radius 3 is 2.43 bits per heavy atom. The van der Waals surface area contributed by atoms with Gasteiger partial charge in [0.1, 0.15) is 5.82 Å². The van der Waals surface area contributed by atoms with Gasteiger partial charge in [-0.1, -0.05) is 12.1 Å². The number of carbonyl (C=O) groups excluding carboxylic acids is 1. The third-order valence-corrected chi connectivity index (χ3v) is 4.97. The number of pyridine rings is 1. The molecule has 0 unspecified atom stereocenters. The molecule has 0 saturated carbocycles. The molecular formula is C22H23FN6O. The van der Waals surface area contributed by atoms with E-state index in [0.29, 0.717) is 29.4 Å². The highest BCUT2D eigenvalue weighted by atomic mass is 19.1. The fraction of sp³-hybridized carbons (Fsp3) is 0.273. The topological polar surface area (TPSA) is 91.8 Å². The molecule has 6 bridgehead atoms. The number of hydrogen-bond acceptors (Lipinski definition) is 6. The third kappa shape index (κ3) is 4.53. The molecule has 4 heterocycles. The zero-order chi connectivity index (χ0) is 20.9. The van der Waals surface area contributed by atoms with Gasteiger partial charge in [0.15, 0.2) is 0 Å². The van der Waals surface area contributed by atoms with E-state index in [4.69, 9.17) is 0 Å². The molecule has 0 spiro atoms. The van der Waals surface area contributed by atoms with Crippen LogP contribution in [0.2, 0.25) is 0 Å². The number of benzene rings is 1. The summed E-state index contributed by atoms with van der Waals surface area (Å²) in [7, 11) is 0. The SMILES string of the molecule is Cc1cnc2nc1NCCCCCNC(=O)c1ccc(cc1)-c1cnc(F)c(c1)N2. The Kier molecular flexibility index (Phi) is 5.83. The van der Waals surface area contributed by atoms with E-state index in [2.05, 4.69) is 30.9 Å². The summed E-state index contributed by atoms with van der Waals surface area (Å²) in [6, 6.07) is 8.82. The molecule has 2 aromatic heterocycles. The highest BCUT2D eigenvalue weighted by Crippen LogP contribution is 2.26. The van der Waals surface area contributed by atoms with Gasteiger partial charge in [-0.3, -0.25) is 4.79 Å². The van der Waals surface area contributed by atoms with E-state index in [-0.39, 0.29) is 11.6 Å². The quantitative estimate of drug-likeness (QED) is 0.488. The van der Waals surface area contributed by atoms with E-state index in [1.165, 1.54) is 6.20 Å². The molecule has 8 heteroatoms. The highest BCUT2D eigenvalue weighted by Gasteiger charge is 2.12. The summed E-state index contributed by atoms with van der Waals surface area (Å²) in [5.74, 6) is 0.265. The van der Waals surface area contributed by atoms with Crippen LogP contribution in [0.15, 0.2) is 42.7 Å². The average Bonchev–Trinajstić information content (AvgIpc) is 2.76. The Morgan fingerprint density at radius 1 is 0.900 bits per heavy atom. The van der Waals surface area contributed by atoms with Gasteiger partial charge in [0.25, 0.3) is 5.91 Å². The van der Waals surface area contributed by atoms with Crippen LogP contribution in [0.5, 0.6) is 0 Å². The molecule has 0 radical (unpaired) electrons. The monoisotopic (exact) mass is 406 g/mol. The molecule has 7 nitrogen and oxygen atoms in total. The van der Waals surface area contributed by atoms with Crippen molar-refractivity contribution in [3.8, 4) is 11.1 Å². The molecule has 1 aromatic carbocycles. The number of amides is 1. The van der Waals surface area contributed by atoms with E-state index in [1.807, 2.05) is 19.1 Å². The van der Waals surface area contributed by atoms with Crippen molar-refractivity contribution in [1.29, 1.82) is 0 Å². The molecule has 3 aromatic rings. The van der Waals surface area contributed by atoms with Crippen molar-refractivity contribution < 1.29 is 9.18 Å². The first-order chi connectivity index (χ1) is 14.6. The lowest BCUT2D eigenvalue weighted by Crippen LogP contribution is -2.24. The number of fused-ring (bicyclic) bond motifs is 9. The number of halogens is 1. The van der Waals surface area contributed by atoms with Crippen LogP contribution in [0.4, 0.5) is 21.8 Å². The standard InChI is InChI=1S/C22H23FN6O/c1-14-12-27-22-28-18-11-17(13-26-19(18)23)15-5-7-16(8-6-15)21(30)25-10-4-2-3-9-24-20(14)29-22/h5-8,11-13H,2-4,9-10H2,1H3,(H,25,30)(H2,24,27,28,29). The normalized spacial score (nSPS) is 14.5. The van der Waals surface area contributed by atoms with Gasteiger partial charge in [0, 0.05) is 42.2 Å². The van der Waals surface area contributed by atoms with E-state index in [1.54, 1.807) is 24.4 Å². The number of nitrogens with zero attached hydrogens (tertiary/aromatic N) is 3. The molecular weight excluding hydrogens is 383 g/mol. The second-order valence-electron chi connectivity index (χ2n) is 7.23. The first kappa shape index (κ1) is 19.8. The summed E-state index contributed by atoms with van der Waals surface area (Å²) in [4.78, 5) is 24.9. The number of carbonyl (C=O) groups is 1. The predicted octanol–water partition coefficient (Wildman–Crippen LogP) is 4.06. The van der Waals surface area contributed by atoms with Gasteiger partial charge in [-0.25, -0.2) is 9.97 Å². The summed E-state index contributed by atoms with van der Waals surface area (Å²) >= 11 is 0. The van der Waals surface area contributed by atoms with Crippen molar-refractivity contribution in [2.24, 2.45) is 0 Å². The number of aromatic nitrogens is 3. The maximum absolute atomic E-state index is 14.3. The maximum atomic E-state index is 14.3. The molecule has 0 fully saturated rings. The smallest absolute Gasteiger partial charge is 0.251 e. The van der Waals surface area contributed by atoms with E-state index < -0.39 is 5.95 Å². The van der Waals surface area contributed by atoms with Crippen LogP contribution in [0.3, 0.4) is 0 Å². The van der Waals surface area contributed by atoms with Gasteiger partial charge in [0.2, 0.25) is 11.9 Å². The zero-order valence-corrected chi connectivity index (χ0v) is 16.7. The Hall–Kier alpha value is -3.55. The summed E-state index contributed by atoms with van der Waals surface area (Å²) in [6.45, 7) is 3.30. The lowest BCUT2D eigenvalue weighted by Gasteiger charge is -2.12. The molecule has 154 valence electrons. The van der Waals surface area contributed by atoms with Crippen molar-refractivity contribution in [3.63, 3.8) is 0 Å². The summed E-state index contributed by atoms with van der Waals surface area (Å²) in [5.41, 5.74) is 3.22. The van der Waals surface area contributed by atoms with Gasteiger partial charge in [0.05, 0.1) is 5.69 Å². The molecule has 0 atom stereocenters. The second kappa shape index (κ2) is 8.86. The summed E-state index contributed by atoms with van der Waals surface area (Å²) in [5, 5.41) is 9.18. The summed E-state index contributed by atoms with van der Waals surface area (Å²) in [6.07, 6.45) is 5.98. The van der Waals surface area contributed by atoms with Gasteiger partial charge < -0.3 is 16.0 Å². The van der Waals surface area contributed by atoms with Gasteiger partial charge in [-0.05, 0) is 49.9 Å². The molecule has 5 rings (SSSR count). The first-order valence-electron chi connectivity index (χ1n) is 9.99. The van der Waals surface area contributed by atoms with Gasteiger partial charge >= 0.3 is 0 Å². The van der Waals surface area contributed by atoms with Crippen LogP contribution in [0.25, 0.3) is 11.1 Å². The van der Waals surface area contributed by atoms with Gasteiger partial charge in [-0.15, -0.1) is 0 Å². The van der Waals surface area contributed by atoms with Crippen molar-refractivity contribution in [3.05, 3.63) is 59.8 Å². The Balaban J connectivity index is 1.69. The third-order valence-electron chi connectivity index (χ3n) is 4.97. The highest BCUT2D eigenvalue weighted by molar-refractivity contribution is 5.94. The van der Waals surface area contributed by atoms with Gasteiger partial charge in [-0.2, -0.15) is 9.37 Å². The van der Waals surface area contributed by atoms with Crippen molar-refractivity contribution in [2.75, 3.05) is 23.7 Å². The number of rotatable bonds is 0. The largest absolute Gasteiger partial charge is 0.370 e. The number of anilines is 3. The number of aryl methyl sites for hydroxylation is 1. The minimum absolute atomic E-state index is 0.0981. The van der Waals surface area contributed by atoms with Crippen LogP contribution in [-0.2, 0) is 0 Å². The second-order valence-corrected chi connectivity index (χ2v) is 7.23. The van der Waals surface area contributed by atoms with Crippen molar-refractivity contribution in [1.82, 2.24) is 20.3 Å². The zero-order valence-electron chi connectivity index (χ0n) is 16.7. The van der Waals surface area contributed by atoms with E-state index in [0.717, 1.165) is 36.9 Å². The van der Waals surface area contributed by atoms with Crippen LogP contribution < -0.4 is 16.0 Å². The molecule has 2 aliphatic heterocycles. The van der Waals surface area contributed by atoms with Crippen LogP contribution in [-0.4, -0.2) is 33.9 Å². The predicted molar refractivity (Wildman–Crippen MR) is 114 cm³/mol. The molecule has 0 saturated heterocycles. The minimum Gasteiger partial charge on any atom is -0.370 e. The molecule has 1 amide bonds. The van der Waals surface area contributed by atoms with Crippen molar-refractivity contribution in [2.45, 2.75) is 26.2 Å². The average molecular weight is 406 g/mol. The van der Waals surface area contributed by atoms with Crippen LogP contribution in [0, 0.1) is 12.9 Å². The lowest BCUT2D eigenvalue weighted by atomic mass is 10.0. The lowest BCUT2D eigenvalue weighted by molar-refractivity contribution is 0.0953. The number of nitrogens with one attached hydrogen (secondary N) is 3. The molecule has 0 aliphatic carbocycles.